The molecule has 4 heterocycles. The van der Waals surface area contributed by atoms with Crippen LogP contribution in [0.1, 0.15) is 19.3 Å². The molecule has 1 aliphatic heterocycles. The number of hydrogen-bond donors (Lipinski definition) is 1. The molecule has 0 aliphatic carbocycles. The van der Waals surface area contributed by atoms with Crippen LogP contribution in [0.25, 0.3) is 21.5 Å². The third-order valence-electron chi connectivity index (χ3n) is 4.06. The first-order chi connectivity index (χ1) is 11.2. The van der Waals surface area contributed by atoms with Gasteiger partial charge in [-0.2, -0.15) is 0 Å². The van der Waals surface area contributed by atoms with Gasteiger partial charge in [0.05, 0.1) is 14.9 Å². The summed E-state index contributed by atoms with van der Waals surface area (Å²) >= 11 is 5.25. The van der Waals surface area contributed by atoms with Crippen molar-refractivity contribution in [3.05, 3.63) is 28.2 Å². The molecule has 1 saturated heterocycles. The number of piperidine rings is 1. The van der Waals surface area contributed by atoms with E-state index in [4.69, 9.17) is 15.7 Å². The van der Waals surface area contributed by atoms with Gasteiger partial charge in [0.15, 0.2) is 0 Å². The number of halogens is 1. The number of thiophene rings is 1. The average molecular weight is 390 g/mol. The van der Waals surface area contributed by atoms with Gasteiger partial charge in [0, 0.05) is 30.2 Å². The summed E-state index contributed by atoms with van der Waals surface area (Å²) in [5, 5.41) is 2.06. The highest BCUT2D eigenvalue weighted by atomic mass is 79.9. The third-order valence-corrected chi connectivity index (χ3v) is 5.94. The zero-order chi connectivity index (χ0) is 15.8. The summed E-state index contributed by atoms with van der Waals surface area (Å²) in [5.41, 5.74) is 8.58. The fourth-order valence-corrected chi connectivity index (χ4v) is 4.43. The van der Waals surface area contributed by atoms with Crippen LogP contribution in [0.4, 0.5) is 11.8 Å². The van der Waals surface area contributed by atoms with E-state index in [0.29, 0.717) is 5.82 Å². The zero-order valence-corrected chi connectivity index (χ0v) is 14.9. The lowest BCUT2D eigenvalue weighted by atomic mass is 10.1. The Balaban J connectivity index is 1.89. The van der Waals surface area contributed by atoms with Crippen LogP contribution in [0.15, 0.2) is 28.2 Å². The molecular weight excluding hydrogens is 374 g/mol. The first-order valence-corrected chi connectivity index (χ1v) is 9.31. The van der Waals surface area contributed by atoms with E-state index in [2.05, 4.69) is 31.2 Å². The minimum absolute atomic E-state index is 0.516. The molecule has 0 atom stereocenters. The first kappa shape index (κ1) is 14.8. The van der Waals surface area contributed by atoms with Gasteiger partial charge < -0.3 is 10.6 Å². The van der Waals surface area contributed by atoms with Crippen molar-refractivity contribution in [3.8, 4) is 11.3 Å². The second-order valence-electron chi connectivity index (χ2n) is 5.65. The maximum absolute atomic E-state index is 5.71. The van der Waals surface area contributed by atoms with Crippen LogP contribution in [0.3, 0.4) is 0 Å². The molecule has 4 rings (SSSR count). The molecule has 0 unspecified atom stereocenters. The van der Waals surface area contributed by atoms with E-state index in [1.54, 1.807) is 17.5 Å². The predicted molar refractivity (Wildman–Crippen MR) is 98.8 cm³/mol. The molecular formula is C16H16BrN5S. The second kappa shape index (κ2) is 6.05. The Morgan fingerprint density at radius 2 is 1.96 bits per heavy atom. The van der Waals surface area contributed by atoms with Crippen LogP contribution in [-0.4, -0.2) is 28.0 Å². The van der Waals surface area contributed by atoms with Crippen LogP contribution >= 0.6 is 27.3 Å². The molecule has 0 saturated carbocycles. The number of aromatic nitrogens is 3. The van der Waals surface area contributed by atoms with Gasteiger partial charge in [0.25, 0.3) is 0 Å². The smallest absolute Gasteiger partial charge is 0.226 e. The molecule has 7 heteroatoms. The molecule has 3 aromatic rings. The van der Waals surface area contributed by atoms with E-state index in [9.17, 15) is 0 Å². The second-order valence-corrected chi connectivity index (χ2v) is 7.39. The van der Waals surface area contributed by atoms with Crippen molar-refractivity contribution in [2.24, 2.45) is 0 Å². The molecule has 1 fully saturated rings. The number of anilines is 2. The van der Waals surface area contributed by atoms with Crippen LogP contribution < -0.4 is 10.6 Å². The van der Waals surface area contributed by atoms with Crippen molar-refractivity contribution in [2.45, 2.75) is 19.3 Å². The highest BCUT2D eigenvalue weighted by Gasteiger charge is 2.19. The number of fused-ring (bicyclic) bond motifs is 1. The molecule has 0 radical (unpaired) electrons. The van der Waals surface area contributed by atoms with Gasteiger partial charge in [-0.1, -0.05) is 0 Å². The van der Waals surface area contributed by atoms with Gasteiger partial charge in [-0.25, -0.2) is 15.0 Å². The molecule has 2 N–H and O–H groups in total. The van der Waals surface area contributed by atoms with E-state index >= 15 is 0 Å². The van der Waals surface area contributed by atoms with Gasteiger partial charge in [0.1, 0.15) is 11.3 Å². The van der Waals surface area contributed by atoms with E-state index in [1.165, 1.54) is 19.3 Å². The molecule has 1 aliphatic rings. The van der Waals surface area contributed by atoms with Crippen LogP contribution in [0.2, 0.25) is 0 Å². The fourth-order valence-electron chi connectivity index (χ4n) is 2.86. The SMILES string of the molecule is Nc1ccc(-c2nc(N3CCCCC3)nc3c(Br)csc23)cn1. The van der Waals surface area contributed by atoms with Gasteiger partial charge in [-0.05, 0) is 47.3 Å². The summed E-state index contributed by atoms with van der Waals surface area (Å²) in [7, 11) is 0. The van der Waals surface area contributed by atoms with Gasteiger partial charge >= 0.3 is 0 Å². The molecule has 3 aromatic heterocycles. The Morgan fingerprint density at radius 3 is 2.70 bits per heavy atom. The van der Waals surface area contributed by atoms with E-state index < -0.39 is 0 Å². The van der Waals surface area contributed by atoms with E-state index in [1.807, 2.05) is 12.1 Å². The molecule has 5 nitrogen and oxygen atoms in total. The molecule has 23 heavy (non-hydrogen) atoms. The van der Waals surface area contributed by atoms with Crippen molar-refractivity contribution in [3.63, 3.8) is 0 Å². The monoisotopic (exact) mass is 389 g/mol. The van der Waals surface area contributed by atoms with Crippen LogP contribution in [-0.2, 0) is 0 Å². The minimum atomic E-state index is 0.516. The maximum Gasteiger partial charge on any atom is 0.226 e. The summed E-state index contributed by atoms with van der Waals surface area (Å²) in [6.07, 6.45) is 5.47. The van der Waals surface area contributed by atoms with Gasteiger partial charge in [0.2, 0.25) is 5.95 Å². The van der Waals surface area contributed by atoms with Crippen molar-refractivity contribution >= 4 is 49.2 Å². The zero-order valence-electron chi connectivity index (χ0n) is 12.5. The lowest BCUT2D eigenvalue weighted by Gasteiger charge is -2.27. The molecule has 0 aromatic carbocycles. The number of hydrogen-bond acceptors (Lipinski definition) is 6. The number of nitrogens with two attached hydrogens (primary N) is 1. The summed E-state index contributed by atoms with van der Waals surface area (Å²) in [6.45, 7) is 2.04. The summed E-state index contributed by atoms with van der Waals surface area (Å²) in [5.74, 6) is 1.32. The summed E-state index contributed by atoms with van der Waals surface area (Å²) < 4.78 is 2.09. The normalized spacial score (nSPS) is 15.3. The largest absolute Gasteiger partial charge is 0.384 e. The molecule has 0 spiro atoms. The third kappa shape index (κ3) is 2.79. The number of nitrogens with zero attached hydrogens (tertiary/aromatic N) is 4. The Labute approximate surface area is 146 Å². The fraction of sp³-hybridized carbons (Fsp3) is 0.312. The average Bonchev–Trinajstić information content (AvgIpc) is 2.97. The van der Waals surface area contributed by atoms with Crippen molar-refractivity contribution < 1.29 is 0 Å². The van der Waals surface area contributed by atoms with Crippen molar-refractivity contribution in [2.75, 3.05) is 23.7 Å². The lowest BCUT2D eigenvalue weighted by molar-refractivity contribution is 0.569. The summed E-state index contributed by atoms with van der Waals surface area (Å²) in [4.78, 5) is 16.1. The predicted octanol–water partition coefficient (Wildman–Crippen LogP) is 4.09. The Morgan fingerprint density at radius 1 is 1.13 bits per heavy atom. The Kier molecular flexibility index (Phi) is 3.90. The number of nitrogen functional groups attached to an aromatic ring is 1. The van der Waals surface area contributed by atoms with E-state index in [0.717, 1.165) is 45.0 Å². The van der Waals surface area contributed by atoms with Crippen molar-refractivity contribution in [1.29, 1.82) is 0 Å². The van der Waals surface area contributed by atoms with E-state index in [-0.39, 0.29) is 0 Å². The first-order valence-electron chi connectivity index (χ1n) is 7.64. The Hall–Kier alpha value is -1.73. The molecule has 0 amide bonds. The lowest BCUT2D eigenvalue weighted by Crippen LogP contribution is -2.31. The van der Waals surface area contributed by atoms with Gasteiger partial charge in [-0.15, -0.1) is 11.3 Å². The van der Waals surface area contributed by atoms with Crippen LogP contribution in [0.5, 0.6) is 0 Å². The molecule has 118 valence electrons. The minimum Gasteiger partial charge on any atom is -0.384 e. The quantitative estimate of drug-likeness (QED) is 0.714. The number of rotatable bonds is 2. The van der Waals surface area contributed by atoms with Crippen LogP contribution in [0, 0.1) is 0 Å². The Bertz CT molecular complexity index is 840. The van der Waals surface area contributed by atoms with Crippen molar-refractivity contribution in [1.82, 2.24) is 15.0 Å². The molecule has 0 bridgehead atoms. The standard InChI is InChI=1S/C16H16BrN5S/c17-11-9-23-15-13(10-4-5-12(18)19-8-10)20-16(21-14(11)15)22-6-2-1-3-7-22/h4-5,8-9H,1-3,6-7H2,(H2,18,19). The van der Waals surface area contributed by atoms with Gasteiger partial charge in [-0.3, -0.25) is 0 Å². The highest BCUT2D eigenvalue weighted by Crippen LogP contribution is 2.37. The topological polar surface area (TPSA) is 67.9 Å². The summed E-state index contributed by atoms with van der Waals surface area (Å²) in [6, 6.07) is 3.78. The maximum atomic E-state index is 5.71. The number of pyridine rings is 1. The highest BCUT2D eigenvalue weighted by molar-refractivity contribution is 9.10.